The zero-order valence-electron chi connectivity index (χ0n) is 14.5. The molecule has 0 aliphatic heterocycles. The molecule has 7 heteroatoms. The molecule has 4 bridgehead atoms. The number of carbonyl (C=O) groups excluding carboxylic acids is 1. The van der Waals surface area contributed by atoms with E-state index in [1.54, 1.807) is 6.33 Å². The number of carbonyl (C=O) groups is 1. The molecule has 1 heterocycles. The lowest BCUT2D eigenvalue weighted by atomic mass is 9.50. The predicted molar refractivity (Wildman–Crippen MR) is 90.3 cm³/mol. The Kier molecular flexibility index (Phi) is 3.32. The van der Waals surface area contributed by atoms with Crippen molar-refractivity contribution in [3.8, 4) is 0 Å². The molecule has 5 aliphatic rings. The molecule has 5 atom stereocenters. The topological polar surface area (TPSA) is 106 Å². The molecular weight excluding hydrogens is 318 g/mol. The van der Waals surface area contributed by atoms with Crippen molar-refractivity contribution in [2.45, 2.75) is 74.6 Å². The Labute approximate surface area is 147 Å². The lowest BCUT2D eigenvalue weighted by Crippen LogP contribution is -2.66. The lowest BCUT2D eigenvalue weighted by Gasteiger charge is -2.62. The van der Waals surface area contributed by atoms with Gasteiger partial charge >= 0.3 is 0 Å². The van der Waals surface area contributed by atoms with Crippen molar-refractivity contribution in [2.75, 3.05) is 0 Å². The molecule has 2 unspecified atom stereocenters. The normalized spacial score (nSPS) is 48.0. The Morgan fingerprint density at radius 1 is 1.20 bits per heavy atom. The van der Waals surface area contributed by atoms with E-state index in [0.29, 0.717) is 24.7 Å². The van der Waals surface area contributed by atoms with E-state index in [4.69, 9.17) is 5.73 Å². The summed E-state index contributed by atoms with van der Waals surface area (Å²) < 4.78 is 2.06. The van der Waals surface area contributed by atoms with Gasteiger partial charge in [0.15, 0.2) is 0 Å². The van der Waals surface area contributed by atoms with Crippen LogP contribution in [0.25, 0.3) is 0 Å². The third kappa shape index (κ3) is 2.43. The van der Waals surface area contributed by atoms with E-state index >= 15 is 0 Å². The molecule has 0 saturated heterocycles. The van der Waals surface area contributed by atoms with Gasteiger partial charge in [-0.05, 0) is 63.2 Å². The number of nitrogens with two attached hydrogens (primary N) is 1. The second kappa shape index (κ2) is 5.27. The predicted octanol–water partition coefficient (Wildman–Crippen LogP) is 0.540. The summed E-state index contributed by atoms with van der Waals surface area (Å²) in [6, 6.07) is -0.270. The zero-order valence-corrected chi connectivity index (χ0v) is 14.5. The van der Waals surface area contributed by atoms with Crippen LogP contribution in [0.2, 0.25) is 0 Å². The number of aliphatic hydroxyl groups excluding tert-OH is 1. The Morgan fingerprint density at radius 2 is 1.96 bits per heavy atom. The van der Waals surface area contributed by atoms with Crippen molar-refractivity contribution in [1.82, 2.24) is 20.1 Å². The first-order valence-corrected chi connectivity index (χ1v) is 9.58. The van der Waals surface area contributed by atoms with Gasteiger partial charge in [-0.2, -0.15) is 5.10 Å². The Balaban J connectivity index is 1.39. The maximum absolute atomic E-state index is 12.9. The zero-order chi connectivity index (χ0) is 17.2. The van der Waals surface area contributed by atoms with Gasteiger partial charge in [-0.3, -0.25) is 4.79 Å². The minimum atomic E-state index is -0.548. The van der Waals surface area contributed by atoms with Gasteiger partial charge in [0.2, 0.25) is 5.91 Å². The average Bonchev–Trinajstić information content (AvgIpc) is 3.17. The molecule has 1 amide bonds. The third-order valence-corrected chi connectivity index (χ3v) is 7.27. The largest absolute Gasteiger partial charge is 0.391 e. The maximum Gasteiger partial charge on any atom is 0.223 e. The molecule has 1 aromatic rings. The van der Waals surface area contributed by atoms with E-state index in [1.165, 1.54) is 6.42 Å². The molecule has 0 aromatic carbocycles. The molecule has 0 spiro atoms. The fourth-order valence-corrected chi connectivity index (χ4v) is 6.71. The summed E-state index contributed by atoms with van der Waals surface area (Å²) in [4.78, 5) is 17.1. The molecule has 5 aliphatic carbocycles. The summed E-state index contributed by atoms with van der Waals surface area (Å²) in [6.07, 6.45) is 10.7. The van der Waals surface area contributed by atoms with E-state index < -0.39 is 6.10 Å². The number of rotatable bonds is 3. The highest BCUT2D eigenvalue weighted by Crippen LogP contribution is 2.60. The SMILES string of the molecule is N[C@H]1C[C@H](C(=O)NC23CC4CC(C2)CC(n2cncn2)(C4)C3)C[C@@H]1O. The van der Waals surface area contributed by atoms with Crippen molar-refractivity contribution >= 4 is 5.91 Å². The number of nitrogens with zero attached hydrogens (tertiary/aromatic N) is 3. The van der Waals surface area contributed by atoms with Crippen LogP contribution < -0.4 is 11.1 Å². The molecule has 5 saturated carbocycles. The summed E-state index contributed by atoms with van der Waals surface area (Å²) >= 11 is 0. The standard InChI is InChI=1S/C18H27N5O2/c19-14-2-13(3-15(14)24)16(25)22-17-4-11-1-12(5-17)7-18(6-11,8-17)23-10-20-9-21-23/h9-15,24H,1-8,19H2,(H,22,25)/t11?,12?,13-,14-,15-,17?,18?/m0/s1. The average molecular weight is 345 g/mol. The molecule has 25 heavy (non-hydrogen) atoms. The minimum Gasteiger partial charge on any atom is -0.391 e. The molecule has 6 rings (SSSR count). The van der Waals surface area contributed by atoms with Crippen molar-refractivity contribution < 1.29 is 9.90 Å². The smallest absolute Gasteiger partial charge is 0.223 e. The molecule has 5 fully saturated rings. The highest BCUT2D eigenvalue weighted by Gasteiger charge is 2.59. The van der Waals surface area contributed by atoms with Gasteiger partial charge in [-0.15, -0.1) is 0 Å². The van der Waals surface area contributed by atoms with Crippen LogP contribution in [-0.4, -0.2) is 43.5 Å². The Morgan fingerprint density at radius 3 is 2.56 bits per heavy atom. The van der Waals surface area contributed by atoms with Crippen LogP contribution in [0.1, 0.15) is 51.4 Å². The molecule has 4 N–H and O–H groups in total. The van der Waals surface area contributed by atoms with Crippen molar-refractivity contribution in [1.29, 1.82) is 0 Å². The lowest BCUT2D eigenvalue weighted by molar-refractivity contribution is -0.134. The number of aromatic nitrogens is 3. The van der Waals surface area contributed by atoms with E-state index in [9.17, 15) is 9.90 Å². The fourth-order valence-electron chi connectivity index (χ4n) is 6.71. The number of hydrogen-bond acceptors (Lipinski definition) is 5. The van der Waals surface area contributed by atoms with E-state index in [1.807, 2.05) is 6.33 Å². The van der Waals surface area contributed by atoms with E-state index in [0.717, 1.165) is 32.1 Å². The molecular formula is C18H27N5O2. The van der Waals surface area contributed by atoms with Crippen molar-refractivity contribution in [3.05, 3.63) is 12.7 Å². The minimum absolute atomic E-state index is 0.0133. The van der Waals surface area contributed by atoms with Crippen LogP contribution >= 0.6 is 0 Å². The fraction of sp³-hybridized carbons (Fsp3) is 0.833. The highest BCUT2D eigenvalue weighted by molar-refractivity contribution is 5.80. The summed E-state index contributed by atoms with van der Waals surface area (Å²) in [5, 5.41) is 17.8. The summed E-state index contributed by atoms with van der Waals surface area (Å²) in [5.74, 6) is 1.24. The summed E-state index contributed by atoms with van der Waals surface area (Å²) in [6.45, 7) is 0. The van der Waals surface area contributed by atoms with Gasteiger partial charge in [-0.25, -0.2) is 9.67 Å². The summed E-state index contributed by atoms with van der Waals surface area (Å²) in [5.41, 5.74) is 5.80. The third-order valence-electron chi connectivity index (χ3n) is 7.27. The van der Waals surface area contributed by atoms with Crippen LogP contribution in [-0.2, 0) is 10.3 Å². The van der Waals surface area contributed by atoms with Crippen molar-refractivity contribution in [3.63, 3.8) is 0 Å². The van der Waals surface area contributed by atoms with Gasteiger partial charge in [0.25, 0.3) is 0 Å². The second-order valence-electron chi connectivity index (χ2n) is 9.19. The van der Waals surface area contributed by atoms with Gasteiger partial charge < -0.3 is 16.2 Å². The highest BCUT2D eigenvalue weighted by atomic mass is 16.3. The first-order chi connectivity index (χ1) is 12.0. The Bertz CT molecular complexity index is 651. The van der Waals surface area contributed by atoms with Crippen LogP contribution in [0.15, 0.2) is 12.7 Å². The number of nitrogens with one attached hydrogen (secondary N) is 1. The monoisotopic (exact) mass is 345 g/mol. The molecule has 1 aromatic heterocycles. The van der Waals surface area contributed by atoms with Gasteiger partial charge in [0, 0.05) is 17.5 Å². The van der Waals surface area contributed by atoms with Crippen LogP contribution in [0.5, 0.6) is 0 Å². The molecule has 7 nitrogen and oxygen atoms in total. The van der Waals surface area contributed by atoms with Crippen LogP contribution in [0.4, 0.5) is 0 Å². The first-order valence-electron chi connectivity index (χ1n) is 9.58. The molecule has 136 valence electrons. The maximum atomic E-state index is 12.9. The quantitative estimate of drug-likeness (QED) is 0.741. The van der Waals surface area contributed by atoms with Gasteiger partial charge in [0.05, 0.1) is 11.6 Å². The summed E-state index contributed by atoms with van der Waals surface area (Å²) in [7, 11) is 0. The van der Waals surface area contributed by atoms with Gasteiger partial charge in [0.1, 0.15) is 12.7 Å². The number of hydrogen-bond donors (Lipinski definition) is 3. The van der Waals surface area contributed by atoms with Crippen LogP contribution in [0.3, 0.4) is 0 Å². The first kappa shape index (κ1) is 15.8. The van der Waals surface area contributed by atoms with Gasteiger partial charge in [-0.1, -0.05) is 0 Å². The Hall–Kier alpha value is -1.47. The molecule has 0 radical (unpaired) electrons. The van der Waals surface area contributed by atoms with Crippen molar-refractivity contribution in [2.24, 2.45) is 23.5 Å². The van der Waals surface area contributed by atoms with E-state index in [-0.39, 0.29) is 28.9 Å². The second-order valence-corrected chi connectivity index (χ2v) is 9.19. The van der Waals surface area contributed by atoms with Crippen LogP contribution in [0, 0.1) is 17.8 Å². The number of aliphatic hydroxyl groups is 1. The number of amides is 1. The van der Waals surface area contributed by atoms with E-state index in [2.05, 4.69) is 20.1 Å².